The second kappa shape index (κ2) is 6.83. The third kappa shape index (κ3) is 4.03. The predicted octanol–water partition coefficient (Wildman–Crippen LogP) is 0.935. The summed E-state index contributed by atoms with van der Waals surface area (Å²) in [5, 5.41) is 12.0. The third-order valence-corrected chi connectivity index (χ3v) is 3.46. The Labute approximate surface area is 119 Å². The minimum absolute atomic E-state index is 0.00485. The number of aryl methyl sites for hydroxylation is 2. The lowest BCUT2D eigenvalue weighted by atomic mass is 10.1. The van der Waals surface area contributed by atoms with E-state index in [1.165, 1.54) is 0 Å². The van der Waals surface area contributed by atoms with Gasteiger partial charge in [0, 0.05) is 18.8 Å². The Bertz CT molecular complexity index is 476. The van der Waals surface area contributed by atoms with Crippen molar-refractivity contribution in [2.45, 2.75) is 20.0 Å². The molecule has 110 valence electrons. The molecular weight excluding hydrogens is 256 g/mol. The van der Waals surface area contributed by atoms with E-state index in [4.69, 9.17) is 9.84 Å². The van der Waals surface area contributed by atoms with Crippen LogP contribution in [0.1, 0.15) is 11.1 Å². The summed E-state index contributed by atoms with van der Waals surface area (Å²) in [7, 11) is 0. The van der Waals surface area contributed by atoms with Gasteiger partial charge in [0.1, 0.15) is 0 Å². The second-order valence-corrected chi connectivity index (χ2v) is 5.28. The van der Waals surface area contributed by atoms with Gasteiger partial charge in [-0.2, -0.15) is 0 Å². The first-order valence-corrected chi connectivity index (χ1v) is 6.90. The Hall–Kier alpha value is -1.43. The number of ether oxygens (including phenoxy) is 1. The highest BCUT2D eigenvalue weighted by Gasteiger charge is 2.21. The van der Waals surface area contributed by atoms with Crippen molar-refractivity contribution < 1.29 is 14.6 Å². The number of carbonyl (C=O) groups excluding carboxylic acids is 1. The highest BCUT2D eigenvalue weighted by atomic mass is 16.5. The lowest BCUT2D eigenvalue weighted by Gasteiger charge is -2.31. The van der Waals surface area contributed by atoms with Gasteiger partial charge in [-0.1, -0.05) is 12.1 Å². The maximum Gasteiger partial charge on any atom is 0.238 e. The van der Waals surface area contributed by atoms with E-state index in [2.05, 4.69) is 5.32 Å². The first-order valence-electron chi connectivity index (χ1n) is 6.90. The number of aliphatic hydroxyl groups excluding tert-OH is 1. The van der Waals surface area contributed by atoms with E-state index in [-0.39, 0.29) is 18.6 Å². The monoisotopic (exact) mass is 278 g/mol. The molecule has 2 N–H and O–H groups in total. The van der Waals surface area contributed by atoms with Crippen LogP contribution in [-0.2, 0) is 9.53 Å². The van der Waals surface area contributed by atoms with Crippen LogP contribution in [0.5, 0.6) is 0 Å². The number of benzene rings is 1. The average molecular weight is 278 g/mol. The number of morpholine rings is 1. The summed E-state index contributed by atoms with van der Waals surface area (Å²) in [6.45, 7) is 6.17. The normalized spacial score (nSPS) is 19.9. The molecule has 0 aromatic heterocycles. The lowest BCUT2D eigenvalue weighted by Crippen LogP contribution is -2.46. The van der Waals surface area contributed by atoms with Crippen molar-refractivity contribution >= 4 is 11.6 Å². The molecule has 1 aromatic carbocycles. The van der Waals surface area contributed by atoms with Crippen LogP contribution in [0.3, 0.4) is 0 Å². The van der Waals surface area contributed by atoms with Gasteiger partial charge in [-0.3, -0.25) is 9.69 Å². The van der Waals surface area contributed by atoms with Crippen LogP contribution in [0.4, 0.5) is 5.69 Å². The van der Waals surface area contributed by atoms with Crippen molar-refractivity contribution in [1.29, 1.82) is 0 Å². The Morgan fingerprint density at radius 2 is 2.30 bits per heavy atom. The number of hydrogen-bond donors (Lipinski definition) is 2. The third-order valence-electron chi connectivity index (χ3n) is 3.46. The zero-order chi connectivity index (χ0) is 14.5. The molecule has 1 unspecified atom stereocenters. The molecule has 5 nitrogen and oxygen atoms in total. The molecule has 0 aliphatic carbocycles. The molecule has 1 amide bonds. The quantitative estimate of drug-likeness (QED) is 0.860. The van der Waals surface area contributed by atoms with Crippen molar-refractivity contribution in [2.75, 3.05) is 38.2 Å². The fourth-order valence-corrected chi connectivity index (χ4v) is 2.30. The minimum atomic E-state index is -0.183. The highest BCUT2D eigenvalue weighted by Crippen LogP contribution is 2.16. The SMILES string of the molecule is Cc1ccc(C)c(NC(=O)CN2CCOC(CO)C2)c1. The van der Waals surface area contributed by atoms with Crippen LogP contribution in [-0.4, -0.2) is 54.9 Å². The zero-order valence-electron chi connectivity index (χ0n) is 12.1. The van der Waals surface area contributed by atoms with E-state index in [0.29, 0.717) is 19.7 Å². The molecule has 1 heterocycles. The molecule has 1 aliphatic rings. The molecular formula is C15H22N2O3. The molecule has 0 spiro atoms. The Kier molecular flexibility index (Phi) is 5.11. The van der Waals surface area contributed by atoms with Gasteiger partial charge >= 0.3 is 0 Å². The van der Waals surface area contributed by atoms with Crippen LogP contribution in [0.25, 0.3) is 0 Å². The summed E-state index contributed by atoms with van der Waals surface area (Å²) in [6.07, 6.45) is -0.183. The van der Waals surface area contributed by atoms with Gasteiger partial charge in [0.25, 0.3) is 0 Å². The smallest absolute Gasteiger partial charge is 0.238 e. The number of carbonyl (C=O) groups is 1. The summed E-state index contributed by atoms with van der Waals surface area (Å²) in [5.41, 5.74) is 3.04. The molecule has 0 bridgehead atoms. The average Bonchev–Trinajstić information content (AvgIpc) is 2.43. The standard InChI is InChI=1S/C15H22N2O3/c1-11-3-4-12(2)14(7-11)16-15(19)9-17-5-6-20-13(8-17)10-18/h3-4,7,13,18H,5-6,8-10H2,1-2H3,(H,16,19). The predicted molar refractivity (Wildman–Crippen MR) is 77.8 cm³/mol. The first-order chi connectivity index (χ1) is 9.58. The van der Waals surface area contributed by atoms with Crippen molar-refractivity contribution in [2.24, 2.45) is 0 Å². The molecule has 20 heavy (non-hydrogen) atoms. The van der Waals surface area contributed by atoms with Crippen LogP contribution in [0.15, 0.2) is 18.2 Å². The number of rotatable bonds is 4. The summed E-state index contributed by atoms with van der Waals surface area (Å²) in [5.74, 6) is -0.0303. The van der Waals surface area contributed by atoms with Crippen LogP contribution < -0.4 is 5.32 Å². The molecule has 5 heteroatoms. The molecule has 0 saturated carbocycles. The maximum absolute atomic E-state index is 12.1. The molecule has 1 aromatic rings. The van der Waals surface area contributed by atoms with Crippen molar-refractivity contribution in [3.05, 3.63) is 29.3 Å². The van der Waals surface area contributed by atoms with Gasteiger partial charge < -0.3 is 15.2 Å². The second-order valence-electron chi connectivity index (χ2n) is 5.28. The molecule has 1 aliphatic heterocycles. The molecule has 1 atom stereocenters. The Morgan fingerprint density at radius 1 is 1.50 bits per heavy atom. The number of hydrogen-bond acceptors (Lipinski definition) is 4. The van der Waals surface area contributed by atoms with E-state index < -0.39 is 0 Å². The summed E-state index contributed by atoms with van der Waals surface area (Å²) < 4.78 is 5.37. The van der Waals surface area contributed by atoms with Gasteiger partial charge in [-0.05, 0) is 31.0 Å². The van der Waals surface area contributed by atoms with Crippen molar-refractivity contribution in [3.63, 3.8) is 0 Å². The maximum atomic E-state index is 12.1. The van der Waals surface area contributed by atoms with E-state index >= 15 is 0 Å². The highest BCUT2D eigenvalue weighted by molar-refractivity contribution is 5.93. The van der Waals surface area contributed by atoms with Gasteiger partial charge in [-0.15, -0.1) is 0 Å². The number of nitrogens with zero attached hydrogens (tertiary/aromatic N) is 1. The van der Waals surface area contributed by atoms with Gasteiger partial charge in [-0.25, -0.2) is 0 Å². The van der Waals surface area contributed by atoms with E-state index in [9.17, 15) is 4.79 Å². The van der Waals surface area contributed by atoms with Gasteiger partial charge in [0.05, 0.1) is 25.9 Å². The van der Waals surface area contributed by atoms with E-state index in [1.54, 1.807) is 0 Å². The summed E-state index contributed by atoms with van der Waals surface area (Å²) >= 11 is 0. The van der Waals surface area contributed by atoms with E-state index in [0.717, 1.165) is 23.4 Å². The lowest BCUT2D eigenvalue weighted by molar-refractivity contribution is -0.120. The summed E-state index contributed by atoms with van der Waals surface area (Å²) in [4.78, 5) is 14.1. The Morgan fingerprint density at radius 3 is 3.05 bits per heavy atom. The Balaban J connectivity index is 1.90. The fraction of sp³-hybridized carbons (Fsp3) is 0.533. The summed E-state index contributed by atoms with van der Waals surface area (Å²) in [6, 6.07) is 6.00. The van der Waals surface area contributed by atoms with Crippen LogP contribution in [0, 0.1) is 13.8 Å². The molecule has 1 saturated heterocycles. The number of aliphatic hydroxyl groups is 1. The number of nitrogens with one attached hydrogen (secondary N) is 1. The topological polar surface area (TPSA) is 61.8 Å². The number of anilines is 1. The minimum Gasteiger partial charge on any atom is -0.394 e. The number of amides is 1. The first kappa shape index (κ1) is 15.0. The van der Waals surface area contributed by atoms with E-state index in [1.807, 2.05) is 36.9 Å². The van der Waals surface area contributed by atoms with Crippen molar-refractivity contribution in [3.8, 4) is 0 Å². The molecule has 1 fully saturated rings. The van der Waals surface area contributed by atoms with Crippen LogP contribution >= 0.6 is 0 Å². The molecule has 2 rings (SSSR count). The molecule has 0 radical (unpaired) electrons. The van der Waals surface area contributed by atoms with Gasteiger partial charge in [0.15, 0.2) is 0 Å². The van der Waals surface area contributed by atoms with Crippen molar-refractivity contribution in [1.82, 2.24) is 4.90 Å². The zero-order valence-corrected chi connectivity index (χ0v) is 12.1. The van der Waals surface area contributed by atoms with Crippen LogP contribution in [0.2, 0.25) is 0 Å². The largest absolute Gasteiger partial charge is 0.394 e. The fourth-order valence-electron chi connectivity index (χ4n) is 2.30. The van der Waals surface area contributed by atoms with Gasteiger partial charge in [0.2, 0.25) is 5.91 Å².